The lowest BCUT2D eigenvalue weighted by Gasteiger charge is -2.08. The number of benzene rings is 1. The van der Waals surface area contributed by atoms with Gasteiger partial charge in [-0.25, -0.2) is 0 Å². The molecule has 0 aromatic heterocycles. The largest absolute Gasteiger partial charge is 0.385 e. The van der Waals surface area contributed by atoms with Gasteiger partial charge in [-0.1, -0.05) is 122 Å². The normalized spacial score (nSPS) is 10.8. The number of nitrogens with one attached hydrogen (secondary N) is 1. The Morgan fingerprint density at radius 2 is 1.13 bits per heavy atom. The Balaban J connectivity index is 1.86. The zero-order valence-corrected chi connectivity index (χ0v) is 19.5. The average molecular weight is 415 g/mol. The zero-order valence-electron chi connectivity index (χ0n) is 19.5. The van der Waals surface area contributed by atoms with Crippen molar-refractivity contribution in [3.63, 3.8) is 0 Å². The van der Waals surface area contributed by atoms with Crippen LogP contribution in [0.1, 0.15) is 115 Å². The van der Waals surface area contributed by atoms with Crippen LogP contribution in [-0.2, 0) is 4.79 Å². The van der Waals surface area contributed by atoms with Crippen molar-refractivity contribution in [3.8, 4) is 0 Å². The number of unbranched alkanes of at least 4 members (excludes halogenated alkanes) is 15. The second kappa shape index (κ2) is 18.0. The zero-order chi connectivity index (χ0) is 21.9. The molecule has 0 unspecified atom stereocenters. The molecule has 0 aliphatic rings. The Labute approximate surface area is 185 Å². The number of anilines is 1. The third-order valence-electron chi connectivity index (χ3n) is 5.89. The lowest BCUT2D eigenvalue weighted by molar-refractivity contribution is -0.112. The van der Waals surface area contributed by atoms with Crippen LogP contribution in [0.15, 0.2) is 30.8 Å². The molecule has 3 nitrogen and oxygen atoms in total. The Morgan fingerprint density at radius 1 is 0.733 bits per heavy atom. The summed E-state index contributed by atoms with van der Waals surface area (Å²) >= 11 is 0. The van der Waals surface area contributed by atoms with Crippen molar-refractivity contribution in [1.82, 2.24) is 0 Å². The van der Waals surface area contributed by atoms with E-state index in [1.54, 1.807) is 0 Å². The van der Waals surface area contributed by atoms with Gasteiger partial charge in [0.1, 0.15) is 0 Å². The van der Waals surface area contributed by atoms with Crippen molar-refractivity contribution in [1.29, 1.82) is 0 Å². The minimum atomic E-state index is -0.469. The van der Waals surface area contributed by atoms with E-state index in [0.717, 1.165) is 17.8 Å². The minimum Gasteiger partial charge on any atom is -0.385 e. The van der Waals surface area contributed by atoms with Gasteiger partial charge in [-0.2, -0.15) is 0 Å². The molecule has 30 heavy (non-hydrogen) atoms. The molecular formula is C27H46N2O. The highest BCUT2D eigenvalue weighted by atomic mass is 16.1. The summed E-state index contributed by atoms with van der Waals surface area (Å²) in [4.78, 5) is 11.1. The van der Waals surface area contributed by atoms with Crippen LogP contribution >= 0.6 is 0 Å². The maximum absolute atomic E-state index is 11.1. The van der Waals surface area contributed by atoms with Crippen LogP contribution in [0.25, 0.3) is 5.57 Å². The number of carbonyl (C=O) groups is 1. The maximum Gasteiger partial charge on any atom is 0.248 e. The Hall–Kier alpha value is -1.77. The highest BCUT2D eigenvalue weighted by molar-refractivity contribution is 6.17. The van der Waals surface area contributed by atoms with E-state index in [1.165, 1.54) is 103 Å². The van der Waals surface area contributed by atoms with Crippen molar-refractivity contribution >= 4 is 17.2 Å². The highest BCUT2D eigenvalue weighted by Gasteiger charge is 2.04. The third kappa shape index (κ3) is 13.5. The first-order valence-corrected chi connectivity index (χ1v) is 12.5. The third-order valence-corrected chi connectivity index (χ3v) is 5.89. The fraction of sp³-hybridized carbons (Fsp3) is 0.667. The van der Waals surface area contributed by atoms with Gasteiger partial charge in [0.2, 0.25) is 5.91 Å². The van der Waals surface area contributed by atoms with Gasteiger partial charge in [-0.3, -0.25) is 4.79 Å². The summed E-state index contributed by atoms with van der Waals surface area (Å²) in [5.74, 6) is -0.469. The number of nitrogens with two attached hydrogens (primary N) is 1. The molecule has 1 aromatic rings. The van der Waals surface area contributed by atoms with Gasteiger partial charge in [-0.15, -0.1) is 0 Å². The second-order valence-corrected chi connectivity index (χ2v) is 8.65. The summed E-state index contributed by atoms with van der Waals surface area (Å²) in [5, 5.41) is 3.44. The van der Waals surface area contributed by atoms with Crippen molar-refractivity contribution in [2.75, 3.05) is 11.9 Å². The molecule has 0 heterocycles. The first kappa shape index (κ1) is 26.3. The predicted octanol–water partition coefficient (Wildman–Crippen LogP) is 7.86. The molecule has 1 rings (SSSR count). The molecule has 3 N–H and O–H groups in total. The van der Waals surface area contributed by atoms with E-state index in [2.05, 4.69) is 18.8 Å². The lowest BCUT2D eigenvalue weighted by atomic mass is 10.0. The molecule has 0 saturated heterocycles. The second-order valence-electron chi connectivity index (χ2n) is 8.65. The molecule has 0 spiro atoms. The Morgan fingerprint density at radius 3 is 1.53 bits per heavy atom. The van der Waals surface area contributed by atoms with E-state index in [9.17, 15) is 4.79 Å². The summed E-state index contributed by atoms with van der Waals surface area (Å²) in [6, 6.07) is 7.75. The number of rotatable bonds is 20. The summed E-state index contributed by atoms with van der Waals surface area (Å²) in [6.07, 6.45) is 22.3. The van der Waals surface area contributed by atoms with Crippen LogP contribution in [0.4, 0.5) is 5.69 Å². The number of hydrogen-bond donors (Lipinski definition) is 2. The summed E-state index contributed by atoms with van der Waals surface area (Å²) < 4.78 is 0. The van der Waals surface area contributed by atoms with Gasteiger partial charge in [0.25, 0.3) is 0 Å². The van der Waals surface area contributed by atoms with Gasteiger partial charge in [0.15, 0.2) is 0 Å². The summed E-state index contributed by atoms with van der Waals surface area (Å²) in [6.45, 7) is 6.99. The van der Waals surface area contributed by atoms with E-state index in [1.807, 2.05) is 24.3 Å². The Bertz CT molecular complexity index is 565. The van der Waals surface area contributed by atoms with E-state index in [0.29, 0.717) is 5.57 Å². The van der Waals surface area contributed by atoms with Crippen LogP contribution in [0.3, 0.4) is 0 Å². The van der Waals surface area contributed by atoms with E-state index >= 15 is 0 Å². The van der Waals surface area contributed by atoms with Crippen molar-refractivity contribution in [3.05, 3.63) is 36.4 Å². The van der Waals surface area contributed by atoms with Crippen molar-refractivity contribution < 1.29 is 4.79 Å². The maximum atomic E-state index is 11.1. The van der Waals surface area contributed by atoms with E-state index < -0.39 is 5.91 Å². The van der Waals surface area contributed by atoms with Crippen LogP contribution < -0.4 is 11.1 Å². The first-order valence-electron chi connectivity index (χ1n) is 12.5. The fourth-order valence-electron chi connectivity index (χ4n) is 3.84. The molecule has 0 aliphatic carbocycles. The molecule has 1 amide bonds. The molecule has 0 bridgehead atoms. The molecule has 0 fully saturated rings. The molecule has 3 heteroatoms. The quantitative estimate of drug-likeness (QED) is 0.168. The monoisotopic (exact) mass is 414 g/mol. The molecule has 1 aromatic carbocycles. The molecule has 0 radical (unpaired) electrons. The average Bonchev–Trinajstić information content (AvgIpc) is 2.75. The van der Waals surface area contributed by atoms with E-state index in [4.69, 9.17) is 5.73 Å². The predicted molar refractivity (Wildman–Crippen MR) is 133 cm³/mol. The summed E-state index contributed by atoms with van der Waals surface area (Å²) in [7, 11) is 0. The van der Waals surface area contributed by atoms with Crippen LogP contribution in [0, 0.1) is 0 Å². The molecule has 170 valence electrons. The van der Waals surface area contributed by atoms with Gasteiger partial charge < -0.3 is 11.1 Å². The number of primary amides is 1. The molecule has 0 atom stereocenters. The number of amides is 1. The first-order chi connectivity index (χ1) is 14.6. The SMILES string of the molecule is C=C(C(N)=O)c1ccc(NCCCCCCCCCCCCCCCCCC)cc1. The van der Waals surface area contributed by atoms with Gasteiger partial charge in [-0.05, 0) is 24.1 Å². The van der Waals surface area contributed by atoms with Crippen LogP contribution in [0.5, 0.6) is 0 Å². The molecule has 0 saturated carbocycles. The molecular weight excluding hydrogens is 368 g/mol. The topological polar surface area (TPSA) is 55.1 Å². The lowest BCUT2D eigenvalue weighted by Crippen LogP contribution is -2.11. The van der Waals surface area contributed by atoms with Gasteiger partial charge in [0.05, 0.1) is 0 Å². The van der Waals surface area contributed by atoms with Gasteiger partial charge >= 0.3 is 0 Å². The summed E-state index contributed by atoms with van der Waals surface area (Å²) in [5.41, 5.74) is 7.49. The van der Waals surface area contributed by atoms with Gasteiger partial charge in [0, 0.05) is 17.8 Å². The van der Waals surface area contributed by atoms with Crippen molar-refractivity contribution in [2.45, 2.75) is 110 Å². The fourth-order valence-corrected chi connectivity index (χ4v) is 3.84. The number of hydrogen-bond acceptors (Lipinski definition) is 2. The highest BCUT2D eigenvalue weighted by Crippen LogP contribution is 2.16. The molecule has 0 aliphatic heterocycles. The standard InChI is InChI=1S/C27H46N2O/c1-3-4-5-6-7-8-9-10-11-12-13-14-15-16-17-18-23-29-26-21-19-25(20-22-26)24(2)27(28)30/h19-22,29H,2-18,23H2,1H3,(H2,28,30). The minimum absolute atomic E-state index is 0.361. The van der Waals surface area contributed by atoms with E-state index in [-0.39, 0.29) is 0 Å². The smallest absolute Gasteiger partial charge is 0.248 e. The van der Waals surface area contributed by atoms with Crippen LogP contribution in [0.2, 0.25) is 0 Å². The van der Waals surface area contributed by atoms with Crippen molar-refractivity contribution in [2.24, 2.45) is 5.73 Å². The number of carbonyl (C=O) groups excluding carboxylic acids is 1. The van der Waals surface area contributed by atoms with Crippen LogP contribution in [-0.4, -0.2) is 12.5 Å². The Kier molecular flexibility index (Phi) is 15.8.